The highest BCUT2D eigenvalue weighted by Crippen LogP contribution is 2.59. The molecule has 0 aliphatic carbocycles. The van der Waals surface area contributed by atoms with E-state index < -0.39 is 0 Å². The van der Waals surface area contributed by atoms with Crippen molar-refractivity contribution in [1.29, 1.82) is 0 Å². The van der Waals surface area contributed by atoms with Gasteiger partial charge in [0.25, 0.3) is 0 Å². The summed E-state index contributed by atoms with van der Waals surface area (Å²) >= 11 is 0. The summed E-state index contributed by atoms with van der Waals surface area (Å²) in [5, 5.41) is 0. The molecule has 0 N–H and O–H groups in total. The van der Waals surface area contributed by atoms with E-state index in [-0.39, 0.29) is 36.3 Å². The highest BCUT2D eigenvalue weighted by Gasteiger charge is 2.41. The zero-order chi connectivity index (χ0) is 39.6. The van der Waals surface area contributed by atoms with Crippen LogP contribution in [0, 0.1) is 0 Å². The fourth-order valence-corrected chi connectivity index (χ4v) is 8.15. The highest BCUT2D eigenvalue weighted by molar-refractivity contribution is 5.65. The van der Waals surface area contributed by atoms with Crippen molar-refractivity contribution in [2.75, 3.05) is 0 Å². The summed E-state index contributed by atoms with van der Waals surface area (Å²) in [5.74, 6) is 6.34. The number of unbranched alkanes of at least 4 members (excludes halogenated alkanes) is 4. The summed E-state index contributed by atoms with van der Waals surface area (Å²) in [6, 6.07) is 25.6. The molecule has 2 heterocycles. The van der Waals surface area contributed by atoms with E-state index in [1.807, 2.05) is 0 Å². The monoisotopic (exact) mass is 762 g/mol. The number of ether oxygens (including phenoxy) is 6. The molecule has 0 saturated heterocycles. The van der Waals surface area contributed by atoms with Crippen LogP contribution in [0.15, 0.2) is 72.8 Å². The molecule has 6 rings (SSSR count). The second kappa shape index (κ2) is 19.7. The topological polar surface area (TPSA) is 55.4 Å². The molecule has 4 atom stereocenters. The van der Waals surface area contributed by atoms with Crippen LogP contribution in [-0.4, -0.2) is 24.4 Å². The largest absolute Gasteiger partial charge is 0.491 e. The third-order valence-electron chi connectivity index (χ3n) is 11.3. The van der Waals surface area contributed by atoms with Crippen molar-refractivity contribution < 1.29 is 28.4 Å². The predicted molar refractivity (Wildman–Crippen MR) is 228 cm³/mol. The third kappa shape index (κ3) is 10.2. The van der Waals surface area contributed by atoms with Gasteiger partial charge in [-0.15, -0.1) is 0 Å². The first kappa shape index (κ1) is 41.3. The number of fused-ring (bicyclic) bond motifs is 4. The summed E-state index contributed by atoms with van der Waals surface area (Å²) in [6.07, 6.45) is 13.6. The summed E-state index contributed by atoms with van der Waals surface area (Å²) < 4.78 is 39.5. The van der Waals surface area contributed by atoms with Crippen molar-refractivity contribution in [3.63, 3.8) is 0 Å². The first-order valence-electron chi connectivity index (χ1n) is 21.8. The van der Waals surface area contributed by atoms with Crippen LogP contribution in [0.5, 0.6) is 46.0 Å². The van der Waals surface area contributed by atoms with Gasteiger partial charge >= 0.3 is 0 Å². The van der Waals surface area contributed by atoms with E-state index in [0.717, 1.165) is 145 Å². The molecule has 4 aromatic carbocycles. The van der Waals surface area contributed by atoms with Crippen molar-refractivity contribution in [3.8, 4) is 46.0 Å². The Morgan fingerprint density at radius 3 is 0.839 bits per heavy atom. The van der Waals surface area contributed by atoms with Gasteiger partial charge in [0.05, 0.1) is 24.4 Å². The minimum absolute atomic E-state index is 0.0845. The fraction of sp³-hybridized carbons (Fsp3) is 0.520. The van der Waals surface area contributed by atoms with Crippen LogP contribution >= 0.6 is 0 Å². The van der Waals surface area contributed by atoms with Gasteiger partial charge in [0.1, 0.15) is 46.0 Å². The number of hydrogen-bond acceptors (Lipinski definition) is 6. The minimum atomic E-state index is -0.0845. The Morgan fingerprint density at radius 2 is 0.625 bits per heavy atom. The normalized spacial score (nSPS) is 17.4. The summed E-state index contributed by atoms with van der Waals surface area (Å²) in [5.41, 5.74) is 4.45. The second-order valence-corrected chi connectivity index (χ2v) is 16.2. The zero-order valence-electron chi connectivity index (χ0n) is 35.3. The van der Waals surface area contributed by atoms with Crippen LogP contribution in [-0.2, 0) is 0 Å². The molecule has 6 heteroatoms. The molecule has 0 radical (unpaired) electrons. The molecule has 56 heavy (non-hydrogen) atoms. The number of hydrogen-bond donors (Lipinski definition) is 0. The van der Waals surface area contributed by atoms with E-state index in [2.05, 4.69) is 128 Å². The van der Waals surface area contributed by atoms with Gasteiger partial charge in [0.15, 0.2) is 0 Å². The average molecular weight is 763 g/mol. The molecule has 0 amide bonds. The van der Waals surface area contributed by atoms with Gasteiger partial charge in [0.2, 0.25) is 0 Å². The maximum Gasteiger partial charge on any atom is 0.134 e. The molecule has 0 bridgehead atoms. The summed E-state index contributed by atoms with van der Waals surface area (Å²) in [4.78, 5) is 0. The molecule has 4 unspecified atom stereocenters. The van der Waals surface area contributed by atoms with E-state index in [9.17, 15) is 0 Å². The van der Waals surface area contributed by atoms with E-state index in [0.29, 0.717) is 0 Å². The molecule has 302 valence electrons. The molecule has 0 saturated carbocycles. The smallest absolute Gasteiger partial charge is 0.134 e. The molecular weight excluding hydrogens is 697 g/mol. The van der Waals surface area contributed by atoms with E-state index in [4.69, 9.17) is 28.4 Å². The number of benzene rings is 4. The van der Waals surface area contributed by atoms with Crippen LogP contribution in [0.2, 0.25) is 0 Å². The molecule has 4 aromatic rings. The maximum absolute atomic E-state index is 6.84. The first-order chi connectivity index (χ1) is 27.2. The van der Waals surface area contributed by atoms with Gasteiger partial charge in [0, 0.05) is 58.4 Å². The Hall–Kier alpha value is -4.32. The Morgan fingerprint density at radius 1 is 0.393 bits per heavy atom. The zero-order valence-corrected chi connectivity index (χ0v) is 35.3. The lowest BCUT2D eigenvalue weighted by atomic mass is 9.71. The van der Waals surface area contributed by atoms with Gasteiger partial charge < -0.3 is 28.4 Å². The molecule has 6 nitrogen and oxygen atoms in total. The van der Waals surface area contributed by atoms with Crippen LogP contribution in [0.4, 0.5) is 0 Å². The molecule has 0 spiro atoms. The Kier molecular flexibility index (Phi) is 14.5. The van der Waals surface area contributed by atoms with E-state index >= 15 is 0 Å². The summed E-state index contributed by atoms with van der Waals surface area (Å²) in [6.45, 7) is 17.5. The molecular formula is C50H66O6. The van der Waals surface area contributed by atoms with Crippen molar-refractivity contribution in [1.82, 2.24) is 0 Å². The van der Waals surface area contributed by atoms with Crippen molar-refractivity contribution in [2.24, 2.45) is 0 Å². The van der Waals surface area contributed by atoms with Crippen LogP contribution < -0.4 is 28.4 Å². The minimum Gasteiger partial charge on any atom is -0.491 e. The molecule has 0 fully saturated rings. The highest BCUT2D eigenvalue weighted by atomic mass is 16.5. The fourth-order valence-electron chi connectivity index (χ4n) is 8.15. The predicted octanol–water partition coefficient (Wildman–Crippen LogP) is 14.7. The Balaban J connectivity index is 1.45. The SMILES string of the molecule is CCCCC(C)Oc1ccc2c(c1)Oc1cc(OC(C)CCCC)ccc1C2C1c2ccc(OC(C)CCCC)cc2Oc2cc(OC(C)CCCC)ccc21. The molecule has 0 aromatic heterocycles. The Labute approximate surface area is 337 Å². The standard InChI is InChI=1S/C50H66O6/c1-9-13-17-33(5)51-37-21-25-41-45(29-37)55-46-30-38(52-34(6)18-14-10-2)22-26-42(46)49(41)50-43-27-23-39(53-35(7)19-15-11-3)31-47(43)56-48-32-40(24-28-44(48)50)54-36(8)20-16-12-4/h21-36,49-50H,9-20H2,1-8H3. The van der Waals surface area contributed by atoms with Gasteiger partial charge in [-0.05, 0) is 77.6 Å². The van der Waals surface area contributed by atoms with Crippen LogP contribution in [0.25, 0.3) is 0 Å². The van der Waals surface area contributed by atoms with Gasteiger partial charge in [-0.25, -0.2) is 0 Å². The summed E-state index contributed by atoms with van der Waals surface area (Å²) in [7, 11) is 0. The van der Waals surface area contributed by atoms with Gasteiger partial charge in [-0.1, -0.05) is 103 Å². The van der Waals surface area contributed by atoms with Gasteiger partial charge in [-0.3, -0.25) is 0 Å². The van der Waals surface area contributed by atoms with E-state index in [1.165, 1.54) is 0 Å². The molecule has 2 aliphatic rings. The Bertz CT molecular complexity index is 1600. The van der Waals surface area contributed by atoms with Crippen molar-refractivity contribution in [3.05, 3.63) is 95.1 Å². The molecule has 2 aliphatic heterocycles. The number of rotatable bonds is 21. The average Bonchev–Trinajstić information content (AvgIpc) is 3.18. The lowest BCUT2D eigenvalue weighted by molar-refractivity contribution is 0.205. The lowest BCUT2D eigenvalue weighted by Crippen LogP contribution is -2.23. The second-order valence-electron chi connectivity index (χ2n) is 16.2. The van der Waals surface area contributed by atoms with Crippen LogP contribution in [0.3, 0.4) is 0 Å². The quantitative estimate of drug-likeness (QED) is 0.0842. The van der Waals surface area contributed by atoms with Crippen molar-refractivity contribution in [2.45, 2.75) is 169 Å². The van der Waals surface area contributed by atoms with E-state index in [1.54, 1.807) is 0 Å². The third-order valence-corrected chi connectivity index (χ3v) is 11.3. The van der Waals surface area contributed by atoms with Crippen molar-refractivity contribution >= 4 is 0 Å². The first-order valence-corrected chi connectivity index (χ1v) is 21.8. The van der Waals surface area contributed by atoms with Gasteiger partial charge in [-0.2, -0.15) is 0 Å². The lowest BCUT2D eigenvalue weighted by Gasteiger charge is -2.38. The van der Waals surface area contributed by atoms with Crippen LogP contribution in [0.1, 0.15) is 167 Å². The maximum atomic E-state index is 6.84.